The Morgan fingerprint density at radius 3 is 1.20 bits per heavy atom. The van der Waals surface area contributed by atoms with Gasteiger partial charge in [-0.1, -0.05) is 60.8 Å². The van der Waals surface area contributed by atoms with Crippen LogP contribution < -0.4 is 29.9 Å². The van der Waals surface area contributed by atoms with E-state index in [0.717, 1.165) is 0 Å². The molecule has 2 fully saturated rings. The lowest BCUT2D eigenvalue weighted by atomic mass is 10.0. The number of para-hydroxylation sites is 2. The normalized spacial score (nSPS) is 16.6. The highest BCUT2D eigenvalue weighted by molar-refractivity contribution is 7.81. The fraction of sp³-hybridized carbons (Fsp3) is 0.105. The number of Topliss-reactive ketones (excluding diaryl/α,β-unsaturated/α-hetero) is 2. The van der Waals surface area contributed by atoms with E-state index in [1.54, 1.807) is 123 Å². The second-order valence-electron chi connectivity index (χ2n) is 11.0. The van der Waals surface area contributed by atoms with Crippen molar-refractivity contribution in [2.24, 2.45) is 0 Å². The zero-order valence-corrected chi connectivity index (χ0v) is 28.6. The van der Waals surface area contributed by atoms with Gasteiger partial charge in [0.25, 0.3) is 11.6 Å². The molecule has 0 spiro atoms. The van der Waals surface area contributed by atoms with Crippen molar-refractivity contribution in [2.45, 2.75) is 0 Å². The van der Waals surface area contributed by atoms with Crippen LogP contribution in [0, 0.1) is 0 Å². The molecule has 0 aliphatic carbocycles. The number of anilines is 2. The summed E-state index contributed by atoms with van der Waals surface area (Å²) in [4.78, 5) is 56.1. The van der Waals surface area contributed by atoms with E-state index < -0.39 is 23.4 Å². The van der Waals surface area contributed by atoms with Gasteiger partial charge in [-0.15, -0.1) is 0 Å². The molecule has 2 heterocycles. The molecule has 50 heavy (non-hydrogen) atoms. The molecule has 2 aliphatic heterocycles. The van der Waals surface area contributed by atoms with Crippen LogP contribution in [0.15, 0.2) is 120 Å². The highest BCUT2D eigenvalue weighted by Crippen LogP contribution is 2.32. The van der Waals surface area contributed by atoms with Crippen molar-refractivity contribution in [1.29, 1.82) is 0 Å². The molecule has 2 amide bonds. The molecule has 2 saturated heterocycles. The molecule has 12 heteroatoms. The highest BCUT2D eigenvalue weighted by atomic mass is 32.1. The third-order valence-corrected chi connectivity index (χ3v) is 8.87. The van der Waals surface area contributed by atoms with Gasteiger partial charge in [-0.05, 0) is 83.9 Å². The van der Waals surface area contributed by atoms with E-state index in [4.69, 9.17) is 33.9 Å². The van der Waals surface area contributed by atoms with Crippen molar-refractivity contribution in [3.8, 4) is 11.5 Å². The lowest BCUT2D eigenvalue weighted by Gasteiger charge is -2.19. The molecule has 6 rings (SSSR count). The summed E-state index contributed by atoms with van der Waals surface area (Å²) in [5, 5.41) is 6.60. The van der Waals surface area contributed by atoms with Crippen LogP contribution in [0.3, 0.4) is 0 Å². The maximum atomic E-state index is 13.5. The first-order valence-corrected chi connectivity index (χ1v) is 16.3. The minimum Gasteiger partial charge on any atom is -0.497 e. The van der Waals surface area contributed by atoms with Crippen molar-refractivity contribution in [3.05, 3.63) is 131 Å². The van der Waals surface area contributed by atoms with Gasteiger partial charge < -0.3 is 20.1 Å². The number of nitrogens with one attached hydrogen (secondary N) is 2. The summed E-state index contributed by atoms with van der Waals surface area (Å²) in [6, 6.07) is 31.5. The Kier molecular flexibility index (Phi) is 9.93. The van der Waals surface area contributed by atoms with Crippen LogP contribution in [0.25, 0.3) is 11.4 Å². The molecular weight excluding hydrogens is 673 g/mol. The zero-order chi connectivity index (χ0) is 35.4. The Hall–Kier alpha value is -5.98. The summed E-state index contributed by atoms with van der Waals surface area (Å²) < 4.78 is 10.6. The Balaban J connectivity index is 1.34. The minimum absolute atomic E-state index is 0.0593. The van der Waals surface area contributed by atoms with Gasteiger partial charge in [0.1, 0.15) is 21.5 Å². The van der Waals surface area contributed by atoms with Crippen LogP contribution in [0.4, 0.5) is 11.4 Å². The first kappa shape index (κ1) is 33.9. The predicted octanol–water partition coefficient (Wildman–Crippen LogP) is 4.89. The van der Waals surface area contributed by atoms with Crippen molar-refractivity contribution < 1.29 is 28.7 Å². The summed E-state index contributed by atoms with van der Waals surface area (Å²) in [5.41, 5.74) is 2.99. The van der Waals surface area contributed by atoms with E-state index in [9.17, 15) is 19.2 Å². The fourth-order valence-corrected chi connectivity index (χ4v) is 6.41. The first-order chi connectivity index (χ1) is 24.2. The van der Waals surface area contributed by atoms with Crippen molar-refractivity contribution in [2.75, 3.05) is 37.1 Å². The van der Waals surface area contributed by atoms with E-state index in [1.165, 1.54) is 9.80 Å². The lowest BCUT2D eigenvalue weighted by molar-refractivity contribution is -0.132. The maximum Gasteiger partial charge on any atom is 0.304 e. The molecule has 0 aromatic heterocycles. The standard InChI is InChI=1S/C38H30N4O6S2/c1-47-27-17-13-23(14-18-27)31(29-33(43)35(45)41(37(29)49)25-9-5-3-6-10-25)39-21-22-40-32(24-15-19-28(48-2)20-16-24)30-34(44)36(46)42(38(30)50)26-11-7-4-8-12-26/h3-20,39-40H,21-22H2,1-2H3/b31-29-,32-30-. The van der Waals surface area contributed by atoms with Gasteiger partial charge in [0.2, 0.25) is 0 Å². The number of nitrogens with zero attached hydrogens (tertiary/aromatic N) is 2. The molecule has 2 aliphatic rings. The number of hydrogen-bond donors (Lipinski definition) is 2. The fourth-order valence-electron chi connectivity index (χ4n) is 5.64. The number of benzene rings is 4. The van der Waals surface area contributed by atoms with Crippen LogP contribution in [-0.2, 0) is 19.2 Å². The number of methoxy groups -OCH3 is 2. The smallest absolute Gasteiger partial charge is 0.304 e. The Morgan fingerprint density at radius 2 is 0.880 bits per heavy atom. The summed E-state index contributed by atoms with van der Waals surface area (Å²) in [6.45, 7) is 0.398. The number of carbonyl (C=O) groups excluding carboxylic acids is 4. The van der Waals surface area contributed by atoms with E-state index in [0.29, 0.717) is 45.4 Å². The molecule has 0 saturated carbocycles. The number of thiocarbonyl (C=S) groups is 2. The number of rotatable bonds is 11. The molecule has 250 valence electrons. The highest BCUT2D eigenvalue weighted by Gasteiger charge is 2.43. The summed E-state index contributed by atoms with van der Waals surface area (Å²) >= 11 is 11.5. The van der Waals surface area contributed by atoms with Crippen LogP contribution >= 0.6 is 24.4 Å². The van der Waals surface area contributed by atoms with Gasteiger partial charge in [0, 0.05) is 13.1 Å². The molecule has 4 aromatic rings. The van der Waals surface area contributed by atoms with E-state index in [1.807, 2.05) is 0 Å². The maximum absolute atomic E-state index is 13.5. The third kappa shape index (κ3) is 6.41. The molecular formula is C38H30N4O6S2. The molecule has 2 N–H and O–H groups in total. The molecule has 10 nitrogen and oxygen atoms in total. The number of ether oxygens (including phenoxy) is 2. The molecule has 0 atom stereocenters. The quantitative estimate of drug-likeness (QED) is 0.0969. The third-order valence-electron chi connectivity index (χ3n) is 8.10. The number of amides is 2. The van der Waals surface area contributed by atoms with Crippen molar-refractivity contribution >= 4 is 80.6 Å². The number of carbonyl (C=O) groups is 4. The topological polar surface area (TPSA) is 117 Å². The molecule has 0 radical (unpaired) electrons. The molecule has 4 aromatic carbocycles. The predicted molar refractivity (Wildman–Crippen MR) is 199 cm³/mol. The second kappa shape index (κ2) is 14.6. The lowest BCUT2D eigenvalue weighted by Crippen LogP contribution is -2.30. The summed E-state index contributed by atoms with van der Waals surface area (Å²) in [5.74, 6) is -1.78. The monoisotopic (exact) mass is 702 g/mol. The van der Waals surface area contributed by atoms with Crippen LogP contribution in [0.5, 0.6) is 11.5 Å². The molecule has 0 bridgehead atoms. The number of ketones is 2. The van der Waals surface area contributed by atoms with Crippen LogP contribution in [0.2, 0.25) is 0 Å². The Labute approximate surface area is 299 Å². The van der Waals surface area contributed by atoms with E-state index in [-0.39, 0.29) is 34.2 Å². The van der Waals surface area contributed by atoms with E-state index >= 15 is 0 Å². The van der Waals surface area contributed by atoms with Gasteiger partial charge in [0.05, 0.1) is 48.1 Å². The Morgan fingerprint density at radius 1 is 0.540 bits per heavy atom. The van der Waals surface area contributed by atoms with Gasteiger partial charge in [0.15, 0.2) is 0 Å². The summed E-state index contributed by atoms with van der Waals surface area (Å²) in [7, 11) is 3.10. The zero-order valence-electron chi connectivity index (χ0n) is 27.0. The Bertz CT molecular complexity index is 1930. The van der Waals surface area contributed by atoms with Crippen molar-refractivity contribution in [3.63, 3.8) is 0 Å². The van der Waals surface area contributed by atoms with Crippen molar-refractivity contribution in [1.82, 2.24) is 10.6 Å². The van der Waals surface area contributed by atoms with Crippen LogP contribution in [0.1, 0.15) is 11.1 Å². The molecule has 0 unspecified atom stereocenters. The van der Waals surface area contributed by atoms with Gasteiger partial charge >= 0.3 is 11.8 Å². The van der Waals surface area contributed by atoms with Gasteiger partial charge in [-0.2, -0.15) is 0 Å². The largest absolute Gasteiger partial charge is 0.497 e. The summed E-state index contributed by atoms with van der Waals surface area (Å²) in [6.07, 6.45) is 0. The number of hydrogen-bond acceptors (Lipinski definition) is 10. The average Bonchev–Trinajstić information content (AvgIpc) is 3.51. The van der Waals surface area contributed by atoms with Crippen LogP contribution in [-0.4, -0.2) is 60.7 Å². The SMILES string of the molecule is COc1ccc(/C(NCCN/C(=C2/C(=O)C(=O)N(c3ccccc3)C2=S)c2ccc(OC)cc2)=C2\C(=O)C(=O)N(c3ccccc3)C2=S)cc1. The first-order valence-electron chi connectivity index (χ1n) is 15.5. The second-order valence-corrected chi connectivity index (χ2v) is 11.8. The average molecular weight is 703 g/mol. The van der Waals surface area contributed by atoms with E-state index in [2.05, 4.69) is 10.6 Å². The minimum atomic E-state index is -0.755. The van der Waals surface area contributed by atoms with Gasteiger partial charge in [-0.3, -0.25) is 29.0 Å². The van der Waals surface area contributed by atoms with Gasteiger partial charge in [-0.25, -0.2) is 0 Å².